The lowest BCUT2D eigenvalue weighted by Gasteiger charge is -2.18. The van der Waals surface area contributed by atoms with Gasteiger partial charge in [-0.2, -0.15) is 0 Å². The van der Waals surface area contributed by atoms with Crippen LogP contribution in [-0.2, 0) is 0 Å². The molecule has 1 aromatic heterocycles. The van der Waals surface area contributed by atoms with E-state index < -0.39 is 0 Å². The summed E-state index contributed by atoms with van der Waals surface area (Å²) in [6.07, 6.45) is 1.37. The molecule has 4 N–H and O–H groups in total. The number of hydrogen-bond donors (Lipinski definition) is 3. The van der Waals surface area contributed by atoms with E-state index in [4.69, 9.17) is 22.4 Å². The number of hydrogen-bond acceptors (Lipinski definition) is 5. The van der Waals surface area contributed by atoms with Crippen molar-refractivity contribution >= 4 is 34.7 Å². The van der Waals surface area contributed by atoms with Crippen molar-refractivity contribution < 1.29 is 9.90 Å². The van der Waals surface area contributed by atoms with Crippen molar-refractivity contribution in [1.82, 2.24) is 4.98 Å². The molecule has 1 amide bonds. The first-order chi connectivity index (χ1) is 10.5. The molecular weight excluding hydrogens is 304 g/mol. The van der Waals surface area contributed by atoms with Crippen molar-refractivity contribution in [2.24, 2.45) is 0 Å². The van der Waals surface area contributed by atoms with E-state index in [9.17, 15) is 4.79 Å². The molecule has 2 aromatic rings. The Morgan fingerprint density at radius 3 is 2.68 bits per heavy atom. The summed E-state index contributed by atoms with van der Waals surface area (Å²) in [5.74, 6) is -0.125. The van der Waals surface area contributed by atoms with E-state index in [1.165, 1.54) is 12.3 Å². The molecule has 0 saturated carbocycles. The van der Waals surface area contributed by atoms with Crippen LogP contribution in [0.5, 0.6) is 0 Å². The Labute approximate surface area is 133 Å². The number of carbonyl (C=O) groups excluding carboxylic acids is 1. The highest BCUT2D eigenvalue weighted by atomic mass is 35.5. The molecule has 22 heavy (non-hydrogen) atoms. The Morgan fingerprint density at radius 2 is 2.09 bits per heavy atom. The summed E-state index contributed by atoms with van der Waals surface area (Å²) in [7, 11) is 1.88. The number of rotatable bonds is 5. The van der Waals surface area contributed by atoms with E-state index >= 15 is 0 Å². The van der Waals surface area contributed by atoms with Gasteiger partial charge in [0, 0.05) is 31.2 Å². The number of anilines is 3. The van der Waals surface area contributed by atoms with Crippen LogP contribution in [0.15, 0.2) is 36.5 Å². The Balaban J connectivity index is 2.06. The van der Waals surface area contributed by atoms with Gasteiger partial charge in [-0.3, -0.25) is 4.79 Å². The van der Waals surface area contributed by atoms with E-state index in [0.29, 0.717) is 17.8 Å². The summed E-state index contributed by atoms with van der Waals surface area (Å²) in [4.78, 5) is 17.9. The Bertz CT molecular complexity index is 661. The predicted molar refractivity (Wildman–Crippen MR) is 88.4 cm³/mol. The van der Waals surface area contributed by atoms with Crippen molar-refractivity contribution in [2.75, 3.05) is 36.1 Å². The van der Waals surface area contributed by atoms with Gasteiger partial charge in [0.1, 0.15) is 5.82 Å². The Kier molecular flexibility index (Phi) is 5.19. The molecular formula is C15H17ClN4O2. The van der Waals surface area contributed by atoms with Crippen LogP contribution in [0.4, 0.5) is 17.2 Å². The molecule has 0 aliphatic carbocycles. The molecule has 0 spiro atoms. The van der Waals surface area contributed by atoms with Gasteiger partial charge in [0.05, 0.1) is 17.2 Å². The van der Waals surface area contributed by atoms with Crippen molar-refractivity contribution in [1.29, 1.82) is 0 Å². The second-order valence-corrected chi connectivity index (χ2v) is 5.14. The quantitative estimate of drug-likeness (QED) is 0.783. The number of likely N-dealkylation sites (N-methyl/N-ethyl adjacent to an activating group) is 1. The lowest BCUT2D eigenvalue weighted by Crippen LogP contribution is -2.21. The SMILES string of the molecule is CN(CCO)c1ccc(NC(=O)c2cnc(N)c(Cl)c2)cc1. The van der Waals surface area contributed by atoms with Crippen LogP contribution in [0.25, 0.3) is 0 Å². The maximum Gasteiger partial charge on any atom is 0.257 e. The van der Waals surface area contributed by atoms with E-state index in [2.05, 4.69) is 10.3 Å². The number of benzene rings is 1. The van der Waals surface area contributed by atoms with Crippen LogP contribution in [0, 0.1) is 0 Å². The first kappa shape index (κ1) is 16.1. The van der Waals surface area contributed by atoms with Gasteiger partial charge < -0.3 is 21.1 Å². The number of pyridine rings is 1. The molecule has 116 valence electrons. The zero-order valence-electron chi connectivity index (χ0n) is 12.1. The molecule has 0 aliphatic heterocycles. The lowest BCUT2D eigenvalue weighted by molar-refractivity contribution is 0.102. The highest BCUT2D eigenvalue weighted by Gasteiger charge is 2.09. The number of aliphatic hydroxyl groups excluding tert-OH is 1. The Hall–Kier alpha value is -2.31. The van der Waals surface area contributed by atoms with Gasteiger partial charge >= 0.3 is 0 Å². The van der Waals surface area contributed by atoms with Gasteiger partial charge in [0.15, 0.2) is 0 Å². The average molecular weight is 321 g/mol. The number of nitrogens with one attached hydrogen (secondary N) is 1. The van der Waals surface area contributed by atoms with Gasteiger partial charge in [-0.15, -0.1) is 0 Å². The number of nitrogens with zero attached hydrogens (tertiary/aromatic N) is 2. The van der Waals surface area contributed by atoms with Crippen molar-refractivity contribution in [2.45, 2.75) is 0 Å². The van der Waals surface area contributed by atoms with Gasteiger partial charge in [-0.25, -0.2) is 4.98 Å². The number of nitrogens with two attached hydrogens (primary N) is 1. The van der Waals surface area contributed by atoms with E-state index in [-0.39, 0.29) is 23.4 Å². The van der Waals surface area contributed by atoms with Crippen molar-refractivity contribution in [3.63, 3.8) is 0 Å². The molecule has 6 nitrogen and oxygen atoms in total. The predicted octanol–water partition coefficient (Wildman–Crippen LogP) is 2.00. The van der Waals surface area contributed by atoms with Crippen LogP contribution in [-0.4, -0.2) is 36.2 Å². The molecule has 1 aromatic carbocycles. The molecule has 0 radical (unpaired) electrons. The number of nitrogen functional groups attached to an aromatic ring is 1. The van der Waals surface area contributed by atoms with E-state index in [0.717, 1.165) is 5.69 Å². The van der Waals surface area contributed by atoms with Gasteiger partial charge in [-0.1, -0.05) is 11.6 Å². The second kappa shape index (κ2) is 7.11. The zero-order valence-corrected chi connectivity index (χ0v) is 12.8. The topological polar surface area (TPSA) is 91.5 Å². The van der Waals surface area contributed by atoms with Crippen LogP contribution in [0.2, 0.25) is 5.02 Å². The molecule has 0 atom stereocenters. The first-order valence-corrected chi connectivity index (χ1v) is 7.03. The number of amides is 1. The standard InChI is InChI=1S/C15H17ClN4O2/c1-20(6-7-21)12-4-2-11(3-5-12)19-15(22)10-8-13(16)14(17)18-9-10/h2-5,8-9,21H,6-7H2,1H3,(H2,17,18)(H,19,22). The second-order valence-electron chi connectivity index (χ2n) is 4.74. The minimum atomic E-state index is -0.314. The Morgan fingerprint density at radius 1 is 1.41 bits per heavy atom. The molecule has 0 bridgehead atoms. The number of aromatic nitrogens is 1. The van der Waals surface area contributed by atoms with Crippen LogP contribution in [0.1, 0.15) is 10.4 Å². The van der Waals surface area contributed by atoms with Crippen LogP contribution in [0.3, 0.4) is 0 Å². The third-order valence-electron chi connectivity index (χ3n) is 3.13. The summed E-state index contributed by atoms with van der Waals surface area (Å²) in [6, 6.07) is 8.77. The molecule has 0 fully saturated rings. The molecule has 7 heteroatoms. The zero-order chi connectivity index (χ0) is 16.1. The fourth-order valence-electron chi connectivity index (χ4n) is 1.85. The van der Waals surface area contributed by atoms with Gasteiger partial charge in [0.25, 0.3) is 5.91 Å². The van der Waals surface area contributed by atoms with Gasteiger partial charge in [0.2, 0.25) is 0 Å². The minimum absolute atomic E-state index is 0.0832. The number of carbonyl (C=O) groups is 1. The highest BCUT2D eigenvalue weighted by molar-refractivity contribution is 6.33. The molecule has 0 saturated heterocycles. The van der Waals surface area contributed by atoms with Crippen LogP contribution < -0.4 is 16.0 Å². The third kappa shape index (κ3) is 3.87. The molecule has 0 unspecified atom stereocenters. The van der Waals surface area contributed by atoms with E-state index in [1.807, 2.05) is 24.1 Å². The summed E-state index contributed by atoms with van der Waals surface area (Å²) >= 11 is 5.85. The number of halogens is 1. The maximum absolute atomic E-state index is 12.1. The molecule has 2 rings (SSSR count). The van der Waals surface area contributed by atoms with Crippen LogP contribution >= 0.6 is 11.6 Å². The monoisotopic (exact) mass is 320 g/mol. The summed E-state index contributed by atoms with van der Waals surface area (Å²) < 4.78 is 0. The highest BCUT2D eigenvalue weighted by Crippen LogP contribution is 2.19. The summed E-state index contributed by atoms with van der Waals surface area (Å²) in [5.41, 5.74) is 7.45. The minimum Gasteiger partial charge on any atom is -0.395 e. The molecule has 1 heterocycles. The summed E-state index contributed by atoms with van der Waals surface area (Å²) in [6.45, 7) is 0.626. The van der Waals surface area contributed by atoms with Crippen molar-refractivity contribution in [3.05, 3.63) is 47.1 Å². The average Bonchev–Trinajstić information content (AvgIpc) is 2.51. The summed E-state index contributed by atoms with van der Waals surface area (Å²) in [5, 5.41) is 11.9. The van der Waals surface area contributed by atoms with E-state index in [1.54, 1.807) is 12.1 Å². The third-order valence-corrected chi connectivity index (χ3v) is 3.44. The number of aliphatic hydroxyl groups is 1. The smallest absolute Gasteiger partial charge is 0.257 e. The molecule has 0 aliphatic rings. The fourth-order valence-corrected chi connectivity index (χ4v) is 2.02. The fraction of sp³-hybridized carbons (Fsp3) is 0.200. The first-order valence-electron chi connectivity index (χ1n) is 6.65. The lowest BCUT2D eigenvalue weighted by atomic mass is 10.2. The largest absolute Gasteiger partial charge is 0.395 e. The normalized spacial score (nSPS) is 10.3. The van der Waals surface area contributed by atoms with Gasteiger partial charge in [-0.05, 0) is 30.3 Å². The maximum atomic E-state index is 12.1. The van der Waals surface area contributed by atoms with Crippen molar-refractivity contribution in [3.8, 4) is 0 Å².